The molecule has 1 aromatic carbocycles. The van der Waals surface area contributed by atoms with E-state index in [1.807, 2.05) is 20.0 Å². The summed E-state index contributed by atoms with van der Waals surface area (Å²) in [5.41, 5.74) is 5.81. The summed E-state index contributed by atoms with van der Waals surface area (Å²) >= 11 is 0. The number of pyridine rings is 1. The highest BCUT2D eigenvalue weighted by atomic mass is 16.5. The van der Waals surface area contributed by atoms with Crippen LogP contribution >= 0.6 is 0 Å². The van der Waals surface area contributed by atoms with Gasteiger partial charge < -0.3 is 4.74 Å². The minimum Gasteiger partial charge on any atom is -0.485 e. The van der Waals surface area contributed by atoms with Crippen molar-refractivity contribution >= 4 is 13.3 Å². The first-order valence-electron chi connectivity index (χ1n) is 10.1. The van der Waals surface area contributed by atoms with Crippen molar-refractivity contribution in [1.82, 2.24) is 19.7 Å². The lowest BCUT2D eigenvalue weighted by molar-refractivity contribution is 0.297. The quantitative estimate of drug-likeness (QED) is 0.567. The van der Waals surface area contributed by atoms with Crippen molar-refractivity contribution in [3.8, 4) is 5.75 Å². The molecular weight excluding hydrogens is 363 g/mol. The molecule has 1 aliphatic heterocycles. The maximum absolute atomic E-state index is 12.4. The lowest BCUT2D eigenvalue weighted by Crippen LogP contribution is -2.23. The summed E-state index contributed by atoms with van der Waals surface area (Å²) in [5.74, 6) is 0.464. The average Bonchev–Trinajstić information content (AvgIpc) is 3.15. The van der Waals surface area contributed by atoms with Gasteiger partial charge in [-0.3, -0.25) is 14.7 Å². The van der Waals surface area contributed by atoms with Gasteiger partial charge in [0.15, 0.2) is 0 Å². The highest BCUT2D eigenvalue weighted by molar-refractivity contribution is 6.31. The number of aryl methyl sites for hydroxylation is 2. The van der Waals surface area contributed by atoms with E-state index in [-0.39, 0.29) is 5.56 Å². The normalized spacial score (nSPS) is 13.4. The van der Waals surface area contributed by atoms with Gasteiger partial charge in [-0.25, -0.2) is 4.68 Å². The monoisotopic (exact) mass is 388 g/mol. The number of ether oxygens (including phenoxy) is 1. The van der Waals surface area contributed by atoms with E-state index >= 15 is 0 Å². The smallest absolute Gasteiger partial charge is 0.270 e. The summed E-state index contributed by atoms with van der Waals surface area (Å²) in [5, 5.41) is 4.27. The number of rotatable bonds is 7. The van der Waals surface area contributed by atoms with Gasteiger partial charge >= 0.3 is 0 Å². The van der Waals surface area contributed by atoms with Crippen molar-refractivity contribution in [2.75, 3.05) is 6.54 Å². The Balaban J connectivity index is 1.35. The van der Waals surface area contributed by atoms with Crippen LogP contribution in [0.2, 0.25) is 0 Å². The molecule has 0 saturated carbocycles. The van der Waals surface area contributed by atoms with E-state index < -0.39 is 0 Å². The fourth-order valence-corrected chi connectivity index (χ4v) is 3.54. The summed E-state index contributed by atoms with van der Waals surface area (Å²) in [6, 6.07) is 12.0. The fraction of sp³-hybridized carbons (Fsp3) is 0.318. The second kappa shape index (κ2) is 8.61. The van der Waals surface area contributed by atoms with Crippen molar-refractivity contribution in [3.63, 3.8) is 0 Å². The Morgan fingerprint density at radius 3 is 2.72 bits per heavy atom. The lowest BCUT2D eigenvalue weighted by atomic mass is 9.99. The molecule has 0 unspecified atom stereocenters. The van der Waals surface area contributed by atoms with Crippen LogP contribution in [0.5, 0.6) is 5.75 Å². The lowest BCUT2D eigenvalue weighted by Gasteiger charge is -2.09. The fourth-order valence-electron chi connectivity index (χ4n) is 3.54. The van der Waals surface area contributed by atoms with E-state index in [1.54, 1.807) is 12.4 Å². The topological polar surface area (TPSA) is 60.2 Å². The predicted molar refractivity (Wildman–Crippen MR) is 115 cm³/mol. The number of hydrogen-bond donors (Lipinski definition) is 0. The SMILES string of the molecule is Bc1ccc(COc2cnn(CCc3ccc4c(c3)CN(CC)C4)c(=O)c2)nc1. The summed E-state index contributed by atoms with van der Waals surface area (Å²) in [6.45, 7) is 6.17. The Morgan fingerprint density at radius 1 is 1.10 bits per heavy atom. The van der Waals surface area contributed by atoms with Crippen LogP contribution in [-0.2, 0) is 32.7 Å². The van der Waals surface area contributed by atoms with Gasteiger partial charge in [0.05, 0.1) is 11.9 Å². The molecular formula is C22H25BN4O2. The van der Waals surface area contributed by atoms with Crippen molar-refractivity contribution in [2.45, 2.75) is 39.6 Å². The second-order valence-corrected chi connectivity index (χ2v) is 7.52. The number of nitrogens with zero attached hydrogens (tertiary/aromatic N) is 4. The van der Waals surface area contributed by atoms with Crippen molar-refractivity contribution in [2.24, 2.45) is 0 Å². The zero-order valence-corrected chi connectivity index (χ0v) is 17.0. The second-order valence-electron chi connectivity index (χ2n) is 7.52. The molecule has 0 amide bonds. The van der Waals surface area contributed by atoms with Gasteiger partial charge in [-0.1, -0.05) is 36.7 Å². The molecule has 3 aromatic rings. The summed E-state index contributed by atoms with van der Waals surface area (Å²) in [7, 11) is 1.99. The minimum atomic E-state index is -0.155. The van der Waals surface area contributed by atoms with Crippen LogP contribution in [0.25, 0.3) is 0 Å². The first-order chi connectivity index (χ1) is 14.1. The Bertz CT molecular complexity index is 1050. The molecule has 29 heavy (non-hydrogen) atoms. The molecule has 0 N–H and O–H groups in total. The Hall–Kier alpha value is -2.93. The van der Waals surface area contributed by atoms with E-state index in [0.29, 0.717) is 18.9 Å². The maximum Gasteiger partial charge on any atom is 0.270 e. The van der Waals surface area contributed by atoms with E-state index in [1.165, 1.54) is 27.4 Å². The number of fused-ring (bicyclic) bond motifs is 1. The molecule has 0 spiro atoms. The van der Waals surface area contributed by atoms with Crippen LogP contribution in [-0.4, -0.2) is 34.1 Å². The molecule has 148 valence electrons. The molecule has 3 heterocycles. The number of aromatic nitrogens is 3. The molecule has 4 rings (SSSR count). The van der Waals surface area contributed by atoms with Crippen LogP contribution in [0.3, 0.4) is 0 Å². The first-order valence-corrected chi connectivity index (χ1v) is 10.1. The zero-order valence-electron chi connectivity index (χ0n) is 17.0. The van der Waals surface area contributed by atoms with Crippen LogP contribution in [0.15, 0.2) is 53.6 Å². The highest BCUT2D eigenvalue weighted by Gasteiger charge is 2.17. The molecule has 0 fully saturated rings. The molecule has 7 heteroatoms. The molecule has 2 aromatic heterocycles. The largest absolute Gasteiger partial charge is 0.485 e. The maximum atomic E-state index is 12.4. The van der Waals surface area contributed by atoms with Gasteiger partial charge in [0.1, 0.15) is 20.2 Å². The average molecular weight is 388 g/mol. The van der Waals surface area contributed by atoms with Crippen molar-refractivity contribution in [1.29, 1.82) is 0 Å². The van der Waals surface area contributed by atoms with Gasteiger partial charge in [-0.05, 0) is 35.7 Å². The van der Waals surface area contributed by atoms with E-state index in [4.69, 9.17) is 4.74 Å². The van der Waals surface area contributed by atoms with Gasteiger partial charge in [0.2, 0.25) is 0 Å². The van der Waals surface area contributed by atoms with E-state index in [9.17, 15) is 4.79 Å². The zero-order chi connectivity index (χ0) is 20.2. The van der Waals surface area contributed by atoms with Crippen molar-refractivity contribution in [3.05, 3.63) is 81.5 Å². The molecule has 6 nitrogen and oxygen atoms in total. The Labute approximate surface area is 171 Å². The van der Waals surface area contributed by atoms with Crippen LogP contribution in [0, 0.1) is 0 Å². The summed E-state index contributed by atoms with van der Waals surface area (Å²) < 4.78 is 7.15. The van der Waals surface area contributed by atoms with Gasteiger partial charge in [0.25, 0.3) is 5.56 Å². The molecule has 0 bridgehead atoms. The first kappa shape index (κ1) is 19.4. The van der Waals surface area contributed by atoms with Gasteiger partial charge in [-0.15, -0.1) is 0 Å². The molecule has 0 atom stereocenters. The van der Waals surface area contributed by atoms with Crippen molar-refractivity contribution < 1.29 is 4.74 Å². The summed E-state index contributed by atoms with van der Waals surface area (Å²) in [6.07, 6.45) is 4.17. The van der Waals surface area contributed by atoms with Crippen LogP contribution in [0.4, 0.5) is 0 Å². The predicted octanol–water partition coefficient (Wildman–Crippen LogP) is 1.05. The minimum absolute atomic E-state index is 0.155. The number of benzene rings is 1. The van der Waals surface area contributed by atoms with E-state index in [0.717, 1.165) is 37.2 Å². The Kier molecular flexibility index (Phi) is 5.76. The highest BCUT2D eigenvalue weighted by Crippen LogP contribution is 2.23. The molecule has 0 aliphatic carbocycles. The van der Waals surface area contributed by atoms with Crippen LogP contribution < -0.4 is 15.8 Å². The summed E-state index contributed by atoms with van der Waals surface area (Å²) in [4.78, 5) is 19.1. The van der Waals surface area contributed by atoms with Gasteiger partial charge in [-0.2, -0.15) is 5.10 Å². The Morgan fingerprint density at radius 2 is 1.97 bits per heavy atom. The molecule has 1 aliphatic rings. The van der Waals surface area contributed by atoms with Crippen LogP contribution in [0.1, 0.15) is 29.3 Å². The third-order valence-corrected chi connectivity index (χ3v) is 5.32. The molecule has 0 saturated heterocycles. The third kappa shape index (κ3) is 4.74. The van der Waals surface area contributed by atoms with Gasteiger partial charge in [0, 0.05) is 31.9 Å². The standard InChI is InChI=1S/C22H25BN4O2/c1-2-26-13-17-4-3-16(9-18(17)14-26)7-8-27-22(28)10-21(12-25-27)29-15-20-6-5-19(23)11-24-20/h3-6,9-12H,2,7-8,13-15,23H2,1H3. The third-order valence-electron chi connectivity index (χ3n) is 5.32. The number of hydrogen-bond acceptors (Lipinski definition) is 5. The molecule has 0 radical (unpaired) electrons. The van der Waals surface area contributed by atoms with E-state index in [2.05, 4.69) is 40.1 Å².